The Morgan fingerprint density at radius 3 is 2.73 bits per heavy atom. The highest BCUT2D eigenvalue weighted by atomic mass is 32.2. The number of thioether (sulfide) groups is 2. The van der Waals surface area contributed by atoms with E-state index in [9.17, 15) is 9.59 Å². The molecule has 1 heterocycles. The van der Waals surface area contributed by atoms with Crippen molar-refractivity contribution in [3.63, 3.8) is 0 Å². The van der Waals surface area contributed by atoms with Crippen LogP contribution < -0.4 is 5.32 Å². The molecule has 1 aliphatic heterocycles. The van der Waals surface area contributed by atoms with Gasteiger partial charge in [-0.2, -0.15) is 17.0 Å². The molecular weight excluding hydrogens is 318 g/mol. The van der Waals surface area contributed by atoms with Gasteiger partial charge in [0.1, 0.15) is 6.04 Å². The average molecular weight is 335 g/mol. The normalized spacial score (nSPS) is 18.6. The Morgan fingerprint density at radius 2 is 2.14 bits per heavy atom. The summed E-state index contributed by atoms with van der Waals surface area (Å²) in [7, 11) is 0. The standard InChI is InChI=1S/C15H17N3O2S2/c1-10(21-2)15(20)18-9-22-8-13(18)14(19)17-12-5-3-11(7-16)4-6-12/h3-6,10,13H,8-9H2,1-2H3,(H,17,19)/t10-,13+/m1/s1. The maximum Gasteiger partial charge on any atom is 0.248 e. The maximum absolute atomic E-state index is 12.4. The van der Waals surface area contributed by atoms with Crippen LogP contribution in [-0.2, 0) is 9.59 Å². The van der Waals surface area contributed by atoms with Crippen molar-refractivity contribution in [1.29, 1.82) is 5.26 Å². The van der Waals surface area contributed by atoms with Crippen LogP contribution in [0.15, 0.2) is 24.3 Å². The fourth-order valence-electron chi connectivity index (χ4n) is 2.07. The van der Waals surface area contributed by atoms with E-state index in [2.05, 4.69) is 5.32 Å². The minimum atomic E-state index is -0.442. The first kappa shape index (κ1) is 16.7. The summed E-state index contributed by atoms with van der Waals surface area (Å²) in [4.78, 5) is 26.4. The van der Waals surface area contributed by atoms with Crippen LogP contribution in [0.2, 0.25) is 0 Å². The molecule has 1 aromatic carbocycles. The Labute approximate surface area is 138 Å². The van der Waals surface area contributed by atoms with E-state index < -0.39 is 6.04 Å². The molecule has 1 N–H and O–H groups in total. The van der Waals surface area contributed by atoms with E-state index in [1.807, 2.05) is 19.2 Å². The lowest BCUT2D eigenvalue weighted by atomic mass is 10.2. The molecule has 0 aliphatic carbocycles. The number of nitriles is 1. The summed E-state index contributed by atoms with van der Waals surface area (Å²) in [5.74, 6) is 0.971. The molecule has 2 atom stereocenters. The molecule has 0 unspecified atom stereocenters. The Kier molecular flexibility index (Phi) is 5.75. The number of nitrogens with one attached hydrogen (secondary N) is 1. The van der Waals surface area contributed by atoms with Gasteiger partial charge in [-0.3, -0.25) is 9.59 Å². The van der Waals surface area contributed by atoms with E-state index in [1.54, 1.807) is 40.9 Å². The quantitative estimate of drug-likeness (QED) is 0.913. The van der Waals surface area contributed by atoms with E-state index >= 15 is 0 Å². The number of nitrogens with zero attached hydrogens (tertiary/aromatic N) is 2. The lowest BCUT2D eigenvalue weighted by molar-refractivity contribution is -0.135. The van der Waals surface area contributed by atoms with Crippen molar-refractivity contribution in [2.45, 2.75) is 18.2 Å². The number of hydrogen-bond acceptors (Lipinski definition) is 5. The molecule has 1 fully saturated rings. The van der Waals surface area contributed by atoms with Gasteiger partial charge >= 0.3 is 0 Å². The smallest absolute Gasteiger partial charge is 0.248 e. The number of rotatable bonds is 4. The molecule has 0 aromatic heterocycles. The zero-order valence-electron chi connectivity index (χ0n) is 12.4. The van der Waals surface area contributed by atoms with Gasteiger partial charge in [-0.25, -0.2) is 0 Å². The minimum absolute atomic E-state index is 0.00233. The molecule has 116 valence electrons. The van der Waals surface area contributed by atoms with E-state index in [4.69, 9.17) is 5.26 Å². The second-order valence-corrected chi connectivity index (χ2v) is 7.06. The maximum atomic E-state index is 12.4. The zero-order valence-corrected chi connectivity index (χ0v) is 14.0. The lowest BCUT2D eigenvalue weighted by Gasteiger charge is -2.25. The molecule has 0 spiro atoms. The number of benzene rings is 1. The monoisotopic (exact) mass is 335 g/mol. The highest BCUT2D eigenvalue weighted by molar-refractivity contribution is 8.00. The fraction of sp³-hybridized carbons (Fsp3) is 0.400. The van der Waals surface area contributed by atoms with Crippen LogP contribution in [0.25, 0.3) is 0 Å². The highest BCUT2D eigenvalue weighted by Crippen LogP contribution is 2.25. The summed E-state index contributed by atoms with van der Waals surface area (Å²) in [5.41, 5.74) is 1.17. The van der Waals surface area contributed by atoms with E-state index in [-0.39, 0.29) is 17.1 Å². The third-order valence-electron chi connectivity index (χ3n) is 3.45. The summed E-state index contributed by atoms with van der Waals surface area (Å²) in [6.07, 6.45) is 1.89. The average Bonchev–Trinajstić information content (AvgIpc) is 3.03. The number of amides is 2. The lowest BCUT2D eigenvalue weighted by Crippen LogP contribution is -2.47. The second-order valence-electron chi connectivity index (χ2n) is 4.88. The Balaban J connectivity index is 2.04. The molecule has 1 saturated heterocycles. The molecule has 0 bridgehead atoms. The van der Waals surface area contributed by atoms with Gasteiger partial charge in [0.05, 0.1) is 22.8 Å². The Morgan fingerprint density at radius 1 is 1.45 bits per heavy atom. The van der Waals surface area contributed by atoms with Crippen molar-refractivity contribution in [3.05, 3.63) is 29.8 Å². The highest BCUT2D eigenvalue weighted by Gasteiger charge is 2.36. The molecule has 1 aromatic rings. The van der Waals surface area contributed by atoms with Gasteiger partial charge in [0.15, 0.2) is 0 Å². The topological polar surface area (TPSA) is 73.2 Å². The molecule has 7 heteroatoms. The second kappa shape index (κ2) is 7.56. The van der Waals surface area contributed by atoms with Crippen LogP contribution in [0.1, 0.15) is 12.5 Å². The van der Waals surface area contributed by atoms with Crippen LogP contribution >= 0.6 is 23.5 Å². The first-order chi connectivity index (χ1) is 10.6. The van der Waals surface area contributed by atoms with Gasteiger partial charge in [-0.15, -0.1) is 11.8 Å². The van der Waals surface area contributed by atoms with Crippen molar-refractivity contribution in [3.8, 4) is 6.07 Å². The van der Waals surface area contributed by atoms with Crippen molar-refractivity contribution in [2.24, 2.45) is 0 Å². The summed E-state index contributed by atoms with van der Waals surface area (Å²) in [6.45, 7) is 1.85. The van der Waals surface area contributed by atoms with Crippen LogP contribution in [0, 0.1) is 11.3 Å². The molecule has 1 aliphatic rings. The largest absolute Gasteiger partial charge is 0.324 e. The molecule has 22 heavy (non-hydrogen) atoms. The van der Waals surface area contributed by atoms with E-state index in [0.29, 0.717) is 22.9 Å². The Bertz CT molecular complexity index is 598. The predicted octanol–water partition coefficient (Wildman–Crippen LogP) is 2.15. The summed E-state index contributed by atoms with van der Waals surface area (Å²) < 4.78 is 0. The summed E-state index contributed by atoms with van der Waals surface area (Å²) in [5, 5.41) is 11.4. The van der Waals surface area contributed by atoms with Crippen molar-refractivity contribution >= 4 is 41.0 Å². The molecule has 0 radical (unpaired) electrons. The number of carbonyl (C=O) groups excluding carboxylic acids is 2. The van der Waals surface area contributed by atoms with Crippen LogP contribution in [-0.4, -0.2) is 45.9 Å². The van der Waals surface area contributed by atoms with E-state index in [1.165, 1.54) is 11.8 Å². The SMILES string of the molecule is CS[C@H](C)C(=O)N1CSC[C@H]1C(=O)Nc1ccc(C#N)cc1. The van der Waals surface area contributed by atoms with Gasteiger partial charge in [0, 0.05) is 11.4 Å². The third-order valence-corrected chi connectivity index (χ3v) is 5.37. The van der Waals surface area contributed by atoms with Crippen LogP contribution in [0.4, 0.5) is 5.69 Å². The van der Waals surface area contributed by atoms with Crippen LogP contribution in [0.5, 0.6) is 0 Å². The van der Waals surface area contributed by atoms with Crippen molar-refractivity contribution in [2.75, 3.05) is 23.2 Å². The van der Waals surface area contributed by atoms with Gasteiger partial charge in [0.25, 0.3) is 0 Å². The summed E-state index contributed by atoms with van der Waals surface area (Å²) >= 11 is 3.06. The fourth-order valence-corrected chi connectivity index (χ4v) is 3.57. The van der Waals surface area contributed by atoms with Crippen molar-refractivity contribution in [1.82, 2.24) is 4.90 Å². The number of carbonyl (C=O) groups is 2. The number of hydrogen-bond donors (Lipinski definition) is 1. The predicted molar refractivity (Wildman–Crippen MR) is 90.7 cm³/mol. The Hall–Kier alpha value is -1.65. The van der Waals surface area contributed by atoms with E-state index in [0.717, 1.165) is 0 Å². The van der Waals surface area contributed by atoms with Gasteiger partial charge < -0.3 is 10.2 Å². The molecular formula is C15H17N3O2S2. The third kappa shape index (κ3) is 3.76. The van der Waals surface area contributed by atoms with Gasteiger partial charge in [0.2, 0.25) is 11.8 Å². The summed E-state index contributed by atoms with van der Waals surface area (Å²) in [6, 6.07) is 8.27. The molecule has 5 nitrogen and oxygen atoms in total. The van der Waals surface area contributed by atoms with Gasteiger partial charge in [-0.1, -0.05) is 0 Å². The van der Waals surface area contributed by atoms with Crippen molar-refractivity contribution < 1.29 is 9.59 Å². The molecule has 2 rings (SSSR count). The molecule has 0 saturated carbocycles. The minimum Gasteiger partial charge on any atom is -0.324 e. The number of anilines is 1. The first-order valence-corrected chi connectivity index (χ1v) is 9.23. The van der Waals surface area contributed by atoms with Gasteiger partial charge in [-0.05, 0) is 37.4 Å². The first-order valence-electron chi connectivity index (χ1n) is 6.79. The molecule has 2 amide bonds. The van der Waals surface area contributed by atoms with Crippen LogP contribution in [0.3, 0.4) is 0 Å². The zero-order chi connectivity index (χ0) is 16.1.